The van der Waals surface area contributed by atoms with E-state index in [-0.39, 0.29) is 17.7 Å². The molecule has 2 heterocycles. The van der Waals surface area contributed by atoms with Gasteiger partial charge in [0.2, 0.25) is 11.2 Å². The second-order valence-electron chi connectivity index (χ2n) is 3.67. The quantitative estimate of drug-likeness (QED) is 0.625. The molecule has 102 valence electrons. The van der Waals surface area contributed by atoms with Gasteiger partial charge in [-0.1, -0.05) is 0 Å². The molecule has 0 aliphatic carbocycles. The number of anilines is 1. The van der Waals surface area contributed by atoms with Gasteiger partial charge in [0.1, 0.15) is 5.82 Å². The summed E-state index contributed by atoms with van der Waals surface area (Å²) in [6.45, 7) is 1.10. The number of amides is 1. The monoisotopic (exact) mass is 300 g/mol. The molecule has 0 spiro atoms. The zero-order valence-corrected chi connectivity index (χ0v) is 11.8. The molecule has 2 rings (SSSR count). The molecule has 1 amide bonds. The first kappa shape index (κ1) is 14.0. The number of halogens is 1. The Labute approximate surface area is 119 Å². The molecule has 2 aromatic heterocycles. The van der Waals surface area contributed by atoms with Crippen molar-refractivity contribution in [3.63, 3.8) is 0 Å². The van der Waals surface area contributed by atoms with E-state index in [9.17, 15) is 4.79 Å². The molecule has 0 atom stereocenters. The normalized spacial score (nSPS) is 10.6. The number of thiophene rings is 1. The molecule has 0 aliphatic rings. The Morgan fingerprint density at radius 2 is 2.37 bits per heavy atom. The Morgan fingerprint density at radius 3 is 3.16 bits per heavy atom. The molecule has 8 heteroatoms. The van der Waals surface area contributed by atoms with Crippen molar-refractivity contribution in [1.29, 1.82) is 0 Å². The second kappa shape index (κ2) is 6.65. The van der Waals surface area contributed by atoms with Crippen LogP contribution < -0.4 is 10.6 Å². The lowest BCUT2D eigenvalue weighted by atomic mass is 10.4. The van der Waals surface area contributed by atoms with Crippen molar-refractivity contribution in [2.75, 3.05) is 32.1 Å². The van der Waals surface area contributed by atoms with Crippen LogP contribution in [0.2, 0.25) is 5.28 Å². The van der Waals surface area contributed by atoms with Gasteiger partial charge in [-0.15, -0.1) is 11.3 Å². The zero-order valence-electron chi connectivity index (χ0n) is 10.3. The molecule has 0 aromatic carbocycles. The molecular weight excluding hydrogens is 288 g/mol. The summed E-state index contributed by atoms with van der Waals surface area (Å²) in [4.78, 5) is 19.7. The second-order valence-corrected chi connectivity index (χ2v) is 4.93. The summed E-state index contributed by atoms with van der Waals surface area (Å²) >= 11 is 7.32. The van der Waals surface area contributed by atoms with E-state index < -0.39 is 0 Å². The third kappa shape index (κ3) is 3.76. The smallest absolute Gasteiger partial charge is 0.239 e. The number of nitrogens with one attached hydrogen (secondary N) is 2. The molecule has 0 radical (unpaired) electrons. The van der Waals surface area contributed by atoms with Crippen molar-refractivity contribution in [2.45, 2.75) is 0 Å². The SMILES string of the molecule is COCCNC(=O)CNc1nc(Cl)nc2ccsc12. The van der Waals surface area contributed by atoms with Crippen LogP contribution in [0.5, 0.6) is 0 Å². The minimum Gasteiger partial charge on any atom is -0.383 e. The number of rotatable bonds is 6. The van der Waals surface area contributed by atoms with Crippen LogP contribution in [-0.4, -0.2) is 42.7 Å². The van der Waals surface area contributed by atoms with Crippen molar-refractivity contribution in [2.24, 2.45) is 0 Å². The first-order chi connectivity index (χ1) is 9.20. The van der Waals surface area contributed by atoms with Gasteiger partial charge in [-0.25, -0.2) is 4.98 Å². The minimum absolute atomic E-state index is 0.128. The van der Waals surface area contributed by atoms with Crippen molar-refractivity contribution < 1.29 is 9.53 Å². The van der Waals surface area contributed by atoms with Gasteiger partial charge in [-0.3, -0.25) is 4.79 Å². The van der Waals surface area contributed by atoms with E-state index in [2.05, 4.69) is 20.6 Å². The number of nitrogens with zero attached hydrogens (tertiary/aromatic N) is 2. The highest BCUT2D eigenvalue weighted by atomic mass is 35.5. The lowest BCUT2D eigenvalue weighted by Crippen LogP contribution is -2.32. The van der Waals surface area contributed by atoms with Crippen LogP contribution in [0.1, 0.15) is 0 Å². The van der Waals surface area contributed by atoms with Crippen LogP contribution in [0.3, 0.4) is 0 Å². The molecule has 0 bridgehead atoms. The van der Waals surface area contributed by atoms with Gasteiger partial charge in [0.05, 0.1) is 23.4 Å². The zero-order chi connectivity index (χ0) is 13.7. The van der Waals surface area contributed by atoms with Gasteiger partial charge in [0, 0.05) is 13.7 Å². The fraction of sp³-hybridized carbons (Fsp3) is 0.364. The highest BCUT2D eigenvalue weighted by Gasteiger charge is 2.09. The van der Waals surface area contributed by atoms with Crippen LogP contribution in [0, 0.1) is 0 Å². The Balaban J connectivity index is 1.97. The summed E-state index contributed by atoms with van der Waals surface area (Å²) in [7, 11) is 1.58. The van der Waals surface area contributed by atoms with Crippen molar-refractivity contribution in [3.05, 3.63) is 16.7 Å². The molecular formula is C11H13ClN4O2S. The molecule has 2 aromatic rings. The first-order valence-corrected chi connectivity index (χ1v) is 6.86. The van der Waals surface area contributed by atoms with Gasteiger partial charge in [0.15, 0.2) is 0 Å². The van der Waals surface area contributed by atoms with Crippen LogP contribution in [0.15, 0.2) is 11.4 Å². The molecule has 2 N–H and O–H groups in total. The Bertz CT molecular complexity index is 575. The van der Waals surface area contributed by atoms with Crippen molar-refractivity contribution in [3.8, 4) is 0 Å². The van der Waals surface area contributed by atoms with Gasteiger partial charge in [0.25, 0.3) is 0 Å². The number of ether oxygens (including phenoxy) is 1. The highest BCUT2D eigenvalue weighted by molar-refractivity contribution is 7.17. The predicted octanol–water partition coefficient (Wildman–Crippen LogP) is 1.52. The maximum atomic E-state index is 11.5. The van der Waals surface area contributed by atoms with E-state index in [1.165, 1.54) is 11.3 Å². The molecule has 0 saturated heterocycles. The fourth-order valence-electron chi connectivity index (χ4n) is 1.47. The Morgan fingerprint density at radius 1 is 1.53 bits per heavy atom. The Kier molecular flexibility index (Phi) is 4.89. The van der Waals surface area contributed by atoms with Crippen molar-refractivity contribution >= 4 is 44.9 Å². The minimum atomic E-state index is -0.128. The summed E-state index contributed by atoms with van der Waals surface area (Å²) in [5.74, 6) is 0.448. The van der Waals surface area contributed by atoms with Gasteiger partial charge < -0.3 is 15.4 Å². The van der Waals surface area contributed by atoms with Crippen LogP contribution >= 0.6 is 22.9 Å². The van der Waals surface area contributed by atoms with E-state index in [1.54, 1.807) is 7.11 Å². The summed E-state index contributed by atoms with van der Waals surface area (Å²) in [6, 6.07) is 1.86. The lowest BCUT2D eigenvalue weighted by molar-refractivity contribution is -0.119. The predicted molar refractivity (Wildman–Crippen MR) is 75.8 cm³/mol. The first-order valence-electron chi connectivity index (χ1n) is 5.61. The summed E-state index contributed by atoms with van der Waals surface area (Å²) in [5.41, 5.74) is 0.771. The largest absolute Gasteiger partial charge is 0.383 e. The van der Waals surface area contributed by atoms with Crippen LogP contribution in [0.25, 0.3) is 10.2 Å². The molecule has 0 aliphatic heterocycles. The van der Waals surface area contributed by atoms with Crippen LogP contribution in [-0.2, 0) is 9.53 Å². The van der Waals surface area contributed by atoms with Crippen LogP contribution in [0.4, 0.5) is 5.82 Å². The number of hydrogen-bond acceptors (Lipinski definition) is 6. The van der Waals surface area contributed by atoms with Gasteiger partial charge in [-0.05, 0) is 23.0 Å². The molecule has 0 unspecified atom stereocenters. The topological polar surface area (TPSA) is 76.1 Å². The summed E-state index contributed by atoms with van der Waals surface area (Å²) in [5, 5.41) is 7.74. The third-order valence-electron chi connectivity index (χ3n) is 2.32. The highest BCUT2D eigenvalue weighted by Crippen LogP contribution is 2.26. The average Bonchev–Trinajstić information content (AvgIpc) is 2.84. The van der Waals surface area contributed by atoms with Gasteiger partial charge >= 0.3 is 0 Å². The number of carbonyl (C=O) groups is 1. The molecule has 19 heavy (non-hydrogen) atoms. The number of aromatic nitrogens is 2. The van der Waals surface area contributed by atoms with E-state index in [0.717, 1.165) is 10.2 Å². The number of carbonyl (C=O) groups excluding carboxylic acids is 1. The maximum absolute atomic E-state index is 11.5. The molecule has 0 fully saturated rings. The standard InChI is InChI=1S/C11H13ClN4O2S/c1-18-4-3-13-8(17)6-14-10-9-7(2-5-19-9)15-11(12)16-10/h2,5H,3-4,6H2,1H3,(H,13,17)(H,14,15,16). The number of hydrogen-bond donors (Lipinski definition) is 2. The lowest BCUT2D eigenvalue weighted by Gasteiger charge is -2.07. The molecule has 6 nitrogen and oxygen atoms in total. The van der Waals surface area contributed by atoms with Crippen molar-refractivity contribution in [1.82, 2.24) is 15.3 Å². The maximum Gasteiger partial charge on any atom is 0.239 e. The van der Waals surface area contributed by atoms with E-state index in [0.29, 0.717) is 19.0 Å². The van der Waals surface area contributed by atoms with E-state index >= 15 is 0 Å². The number of fused-ring (bicyclic) bond motifs is 1. The molecule has 0 saturated carbocycles. The summed E-state index contributed by atoms with van der Waals surface area (Å²) in [6.07, 6.45) is 0. The average molecular weight is 301 g/mol. The summed E-state index contributed by atoms with van der Waals surface area (Å²) < 4.78 is 5.73. The van der Waals surface area contributed by atoms with E-state index in [4.69, 9.17) is 16.3 Å². The fourth-order valence-corrected chi connectivity index (χ4v) is 2.45. The van der Waals surface area contributed by atoms with Gasteiger partial charge in [-0.2, -0.15) is 4.98 Å². The third-order valence-corrected chi connectivity index (χ3v) is 3.40. The number of methoxy groups -OCH3 is 1. The van der Waals surface area contributed by atoms with E-state index in [1.807, 2.05) is 11.4 Å². The Hall–Kier alpha value is -1.44.